The van der Waals surface area contributed by atoms with E-state index in [1.165, 1.54) is 19.1 Å². The normalized spacial score (nSPS) is 11.8. The summed E-state index contributed by atoms with van der Waals surface area (Å²) in [6.07, 6.45) is -1.02. The van der Waals surface area contributed by atoms with Gasteiger partial charge >= 0.3 is 5.97 Å². The van der Waals surface area contributed by atoms with E-state index in [0.29, 0.717) is 0 Å². The molecule has 1 aromatic rings. The number of aliphatic carboxylic acids is 1. The maximum absolute atomic E-state index is 11.0. The number of primary amides is 1. The highest BCUT2D eigenvalue weighted by atomic mass is 16.5. The summed E-state index contributed by atoms with van der Waals surface area (Å²) in [5.74, 6) is -1.57. The van der Waals surface area contributed by atoms with E-state index in [4.69, 9.17) is 15.6 Å². The molecule has 5 heteroatoms. The molecule has 1 amide bonds. The second kappa shape index (κ2) is 4.45. The molecular formula is C10H11NO4. The molecule has 1 unspecified atom stereocenters. The molecule has 0 fully saturated rings. The predicted molar refractivity (Wildman–Crippen MR) is 52.7 cm³/mol. The Bertz CT molecular complexity index is 389. The quantitative estimate of drug-likeness (QED) is 0.761. The SMILES string of the molecule is CC(Oc1ccccc1C(N)=O)C(=O)O. The summed E-state index contributed by atoms with van der Waals surface area (Å²) >= 11 is 0. The molecule has 80 valence electrons. The van der Waals surface area contributed by atoms with Gasteiger partial charge in [0.25, 0.3) is 5.91 Å². The summed E-state index contributed by atoms with van der Waals surface area (Å²) in [5.41, 5.74) is 5.27. The Hall–Kier alpha value is -2.04. The van der Waals surface area contributed by atoms with Crippen LogP contribution in [0.15, 0.2) is 24.3 Å². The first-order chi connectivity index (χ1) is 7.02. The average Bonchev–Trinajstić information content (AvgIpc) is 2.18. The summed E-state index contributed by atoms with van der Waals surface area (Å²) in [5, 5.41) is 8.63. The molecular weight excluding hydrogens is 198 g/mol. The monoisotopic (exact) mass is 209 g/mol. The third kappa shape index (κ3) is 2.70. The number of para-hydroxylation sites is 1. The lowest BCUT2D eigenvalue weighted by atomic mass is 10.2. The van der Waals surface area contributed by atoms with Crippen LogP contribution in [0.3, 0.4) is 0 Å². The number of carboxylic acid groups (broad SMARTS) is 1. The molecule has 5 nitrogen and oxygen atoms in total. The van der Waals surface area contributed by atoms with Crippen molar-refractivity contribution in [3.05, 3.63) is 29.8 Å². The third-order valence-corrected chi connectivity index (χ3v) is 1.80. The van der Waals surface area contributed by atoms with Gasteiger partial charge in [-0.3, -0.25) is 4.79 Å². The van der Waals surface area contributed by atoms with Crippen LogP contribution < -0.4 is 10.5 Å². The maximum Gasteiger partial charge on any atom is 0.344 e. The molecule has 0 saturated heterocycles. The molecule has 0 aromatic heterocycles. The van der Waals surface area contributed by atoms with Gasteiger partial charge in [-0.15, -0.1) is 0 Å². The van der Waals surface area contributed by atoms with E-state index >= 15 is 0 Å². The zero-order valence-corrected chi connectivity index (χ0v) is 8.14. The van der Waals surface area contributed by atoms with E-state index < -0.39 is 18.0 Å². The van der Waals surface area contributed by atoms with E-state index in [1.807, 2.05) is 0 Å². The molecule has 1 rings (SSSR count). The van der Waals surface area contributed by atoms with Crippen molar-refractivity contribution in [1.82, 2.24) is 0 Å². The number of amides is 1. The third-order valence-electron chi connectivity index (χ3n) is 1.80. The van der Waals surface area contributed by atoms with Crippen molar-refractivity contribution in [1.29, 1.82) is 0 Å². The van der Waals surface area contributed by atoms with Gasteiger partial charge in [0.15, 0.2) is 6.10 Å². The van der Waals surface area contributed by atoms with Gasteiger partial charge in [-0.05, 0) is 19.1 Å². The van der Waals surface area contributed by atoms with Gasteiger partial charge in [-0.25, -0.2) is 4.79 Å². The molecule has 0 bridgehead atoms. The van der Waals surface area contributed by atoms with Crippen LogP contribution in [0.4, 0.5) is 0 Å². The summed E-state index contributed by atoms with van der Waals surface area (Å²) < 4.78 is 5.07. The molecule has 0 aliphatic rings. The van der Waals surface area contributed by atoms with E-state index in [2.05, 4.69) is 0 Å². The fourth-order valence-electron chi connectivity index (χ4n) is 1.01. The van der Waals surface area contributed by atoms with Crippen LogP contribution in [-0.2, 0) is 4.79 Å². The Kier molecular flexibility index (Phi) is 3.28. The minimum atomic E-state index is -1.10. The molecule has 0 aliphatic heterocycles. The second-order valence-electron chi connectivity index (χ2n) is 2.96. The largest absolute Gasteiger partial charge is 0.479 e. The first-order valence-electron chi connectivity index (χ1n) is 4.30. The lowest BCUT2D eigenvalue weighted by molar-refractivity contribution is -0.144. The number of hydrogen-bond acceptors (Lipinski definition) is 3. The summed E-state index contributed by atoms with van der Waals surface area (Å²) in [6, 6.07) is 6.24. The molecule has 0 heterocycles. The van der Waals surface area contributed by atoms with Crippen molar-refractivity contribution in [3.8, 4) is 5.75 Å². The van der Waals surface area contributed by atoms with Crippen LogP contribution in [0.2, 0.25) is 0 Å². The minimum Gasteiger partial charge on any atom is -0.479 e. The van der Waals surface area contributed by atoms with Crippen LogP contribution >= 0.6 is 0 Å². The predicted octanol–water partition coefficient (Wildman–Crippen LogP) is 0.637. The van der Waals surface area contributed by atoms with E-state index in [0.717, 1.165) is 0 Å². The lowest BCUT2D eigenvalue weighted by Gasteiger charge is -2.12. The molecule has 0 radical (unpaired) electrons. The van der Waals surface area contributed by atoms with Gasteiger partial charge in [0.05, 0.1) is 5.56 Å². The Morgan fingerprint density at radius 1 is 1.40 bits per heavy atom. The topological polar surface area (TPSA) is 89.6 Å². The zero-order chi connectivity index (χ0) is 11.4. The van der Waals surface area contributed by atoms with Crippen molar-refractivity contribution in [2.45, 2.75) is 13.0 Å². The molecule has 3 N–H and O–H groups in total. The summed E-state index contributed by atoms with van der Waals surface area (Å²) in [4.78, 5) is 21.5. The lowest BCUT2D eigenvalue weighted by Crippen LogP contribution is -2.24. The molecule has 0 saturated carbocycles. The van der Waals surface area contributed by atoms with Crippen LogP contribution in [-0.4, -0.2) is 23.1 Å². The van der Waals surface area contributed by atoms with Gasteiger partial charge in [0, 0.05) is 0 Å². The highest BCUT2D eigenvalue weighted by molar-refractivity contribution is 5.95. The number of carbonyl (C=O) groups excluding carboxylic acids is 1. The Balaban J connectivity index is 2.94. The van der Waals surface area contributed by atoms with Crippen molar-refractivity contribution >= 4 is 11.9 Å². The average molecular weight is 209 g/mol. The number of carboxylic acids is 1. The van der Waals surface area contributed by atoms with Gasteiger partial charge < -0.3 is 15.6 Å². The second-order valence-corrected chi connectivity index (χ2v) is 2.96. The smallest absolute Gasteiger partial charge is 0.344 e. The van der Waals surface area contributed by atoms with Gasteiger partial charge in [-0.1, -0.05) is 12.1 Å². The molecule has 1 aromatic carbocycles. The Morgan fingerprint density at radius 2 is 2.00 bits per heavy atom. The van der Waals surface area contributed by atoms with Crippen LogP contribution in [0, 0.1) is 0 Å². The number of hydrogen-bond donors (Lipinski definition) is 2. The Morgan fingerprint density at radius 3 is 2.53 bits per heavy atom. The molecule has 15 heavy (non-hydrogen) atoms. The fraction of sp³-hybridized carbons (Fsp3) is 0.200. The van der Waals surface area contributed by atoms with Crippen molar-refractivity contribution < 1.29 is 19.4 Å². The molecule has 0 spiro atoms. The summed E-state index contributed by atoms with van der Waals surface area (Å²) in [7, 11) is 0. The number of carbonyl (C=O) groups is 2. The van der Waals surface area contributed by atoms with E-state index in [9.17, 15) is 9.59 Å². The first kappa shape index (κ1) is 11.0. The number of rotatable bonds is 4. The number of ether oxygens (including phenoxy) is 1. The Labute approximate surface area is 86.5 Å². The highest BCUT2D eigenvalue weighted by Crippen LogP contribution is 2.18. The van der Waals surface area contributed by atoms with Crippen LogP contribution in [0.1, 0.15) is 17.3 Å². The zero-order valence-electron chi connectivity index (χ0n) is 8.14. The van der Waals surface area contributed by atoms with Crippen molar-refractivity contribution in [2.75, 3.05) is 0 Å². The molecule has 1 atom stereocenters. The summed E-state index contributed by atoms with van der Waals surface area (Å²) in [6.45, 7) is 1.38. The van der Waals surface area contributed by atoms with Gasteiger partial charge in [-0.2, -0.15) is 0 Å². The van der Waals surface area contributed by atoms with Gasteiger partial charge in [0.1, 0.15) is 5.75 Å². The van der Waals surface area contributed by atoms with Crippen molar-refractivity contribution in [2.24, 2.45) is 5.73 Å². The van der Waals surface area contributed by atoms with Crippen LogP contribution in [0.25, 0.3) is 0 Å². The van der Waals surface area contributed by atoms with Crippen LogP contribution in [0.5, 0.6) is 5.75 Å². The fourth-order valence-corrected chi connectivity index (χ4v) is 1.01. The maximum atomic E-state index is 11.0. The number of benzene rings is 1. The molecule has 0 aliphatic carbocycles. The minimum absolute atomic E-state index is 0.172. The van der Waals surface area contributed by atoms with Gasteiger partial charge in [0.2, 0.25) is 0 Å². The van der Waals surface area contributed by atoms with E-state index in [1.54, 1.807) is 12.1 Å². The highest BCUT2D eigenvalue weighted by Gasteiger charge is 2.16. The first-order valence-corrected chi connectivity index (χ1v) is 4.30. The standard InChI is InChI=1S/C10H11NO4/c1-6(10(13)14)15-8-5-3-2-4-7(8)9(11)12/h2-6H,1H3,(H2,11,12)(H,13,14). The van der Waals surface area contributed by atoms with E-state index in [-0.39, 0.29) is 11.3 Å². The number of nitrogens with two attached hydrogens (primary N) is 1. The van der Waals surface area contributed by atoms with Crippen molar-refractivity contribution in [3.63, 3.8) is 0 Å².